The molecule has 2 aliphatic rings. The van der Waals surface area contributed by atoms with Crippen molar-refractivity contribution in [3.8, 4) is 0 Å². The van der Waals surface area contributed by atoms with Crippen molar-refractivity contribution in [2.45, 2.75) is 63.9 Å². The highest BCUT2D eigenvalue weighted by Gasteiger charge is 2.35. The first-order valence-electron chi connectivity index (χ1n) is 8.38. The van der Waals surface area contributed by atoms with Crippen LogP contribution in [0, 0.1) is 11.8 Å². The van der Waals surface area contributed by atoms with Crippen LogP contribution in [0.25, 0.3) is 4.83 Å². The van der Waals surface area contributed by atoms with Crippen molar-refractivity contribution in [2.24, 2.45) is 11.8 Å². The van der Waals surface area contributed by atoms with Gasteiger partial charge in [-0.05, 0) is 30.6 Å². The van der Waals surface area contributed by atoms with Crippen LogP contribution in [0.5, 0.6) is 0 Å². The molecule has 2 fully saturated rings. The van der Waals surface area contributed by atoms with Gasteiger partial charge in [-0.3, -0.25) is 4.40 Å². The molecule has 114 valence electrons. The minimum Gasteiger partial charge on any atom is -0.387 e. The largest absolute Gasteiger partial charge is 0.387 e. The maximum atomic E-state index is 11.1. The molecular weight excluding hydrogens is 280 g/mol. The first-order valence-corrected chi connectivity index (χ1v) is 9.20. The van der Waals surface area contributed by atoms with E-state index in [1.54, 1.807) is 0 Å². The Morgan fingerprint density at radius 2 is 2.00 bits per heavy atom. The van der Waals surface area contributed by atoms with E-state index >= 15 is 0 Å². The van der Waals surface area contributed by atoms with Gasteiger partial charge in [0.05, 0.1) is 18.0 Å². The molecule has 2 aromatic heterocycles. The third-order valence-corrected chi connectivity index (χ3v) is 6.72. The van der Waals surface area contributed by atoms with E-state index in [0.29, 0.717) is 17.8 Å². The Bertz CT molecular complexity index is 622. The van der Waals surface area contributed by atoms with Crippen LogP contribution >= 0.6 is 11.3 Å². The zero-order valence-corrected chi connectivity index (χ0v) is 13.5. The first kappa shape index (κ1) is 13.8. The average Bonchev–Trinajstić information content (AvgIpc) is 3.15. The lowest BCUT2D eigenvalue weighted by atomic mass is 9.77. The van der Waals surface area contributed by atoms with Crippen LogP contribution in [-0.2, 0) is 0 Å². The summed E-state index contributed by atoms with van der Waals surface area (Å²) in [4.78, 5) is 6.86. The molecule has 2 heterocycles. The Hall–Kier alpha value is -0.870. The summed E-state index contributed by atoms with van der Waals surface area (Å²) in [6.45, 7) is 2.25. The number of fused-ring (bicyclic) bond motifs is 1. The molecule has 2 aliphatic carbocycles. The van der Waals surface area contributed by atoms with Crippen LogP contribution in [0.3, 0.4) is 0 Å². The van der Waals surface area contributed by atoms with E-state index in [1.807, 2.05) is 23.9 Å². The van der Waals surface area contributed by atoms with Crippen molar-refractivity contribution in [1.82, 2.24) is 9.38 Å². The normalized spacial score (nSPS) is 23.5. The van der Waals surface area contributed by atoms with Gasteiger partial charge in [-0.15, -0.1) is 11.3 Å². The number of rotatable bonds is 4. The van der Waals surface area contributed by atoms with Crippen LogP contribution in [0.4, 0.5) is 0 Å². The third-order valence-electron chi connectivity index (χ3n) is 5.45. The predicted molar refractivity (Wildman–Crippen MR) is 85.7 cm³/mol. The number of aliphatic hydroxyl groups is 1. The van der Waals surface area contributed by atoms with E-state index in [4.69, 9.17) is 0 Å². The molecule has 0 aromatic carbocycles. The number of hydrogen-bond donors (Lipinski definition) is 1. The van der Waals surface area contributed by atoms with Gasteiger partial charge in [0.1, 0.15) is 11.2 Å². The Balaban J connectivity index is 1.67. The van der Waals surface area contributed by atoms with Crippen molar-refractivity contribution in [3.63, 3.8) is 0 Å². The van der Waals surface area contributed by atoms with Crippen LogP contribution in [0.15, 0.2) is 12.5 Å². The van der Waals surface area contributed by atoms with Gasteiger partial charge in [-0.1, -0.05) is 39.0 Å². The van der Waals surface area contributed by atoms with Gasteiger partial charge in [-0.25, -0.2) is 4.98 Å². The minimum absolute atomic E-state index is 0.341. The molecule has 0 amide bonds. The van der Waals surface area contributed by atoms with Crippen molar-refractivity contribution in [1.29, 1.82) is 0 Å². The Labute approximate surface area is 130 Å². The highest BCUT2D eigenvalue weighted by molar-refractivity contribution is 7.17. The number of hydrogen-bond acceptors (Lipinski definition) is 3. The molecular formula is C17H24N2OS. The highest BCUT2D eigenvalue weighted by atomic mass is 32.1. The zero-order valence-electron chi connectivity index (χ0n) is 12.7. The van der Waals surface area contributed by atoms with Crippen molar-refractivity contribution in [3.05, 3.63) is 23.1 Å². The molecule has 21 heavy (non-hydrogen) atoms. The quantitative estimate of drug-likeness (QED) is 0.901. The Kier molecular flexibility index (Phi) is 3.54. The van der Waals surface area contributed by atoms with Gasteiger partial charge in [-0.2, -0.15) is 0 Å². The second-order valence-corrected chi connectivity index (χ2v) is 7.99. The molecule has 4 heteroatoms. The Morgan fingerprint density at radius 1 is 1.24 bits per heavy atom. The molecule has 1 N–H and O–H groups in total. The first-order chi connectivity index (χ1) is 10.3. The highest BCUT2D eigenvalue weighted by Crippen LogP contribution is 2.49. The maximum absolute atomic E-state index is 11.1. The number of thiazole rings is 1. The Morgan fingerprint density at radius 3 is 2.71 bits per heavy atom. The predicted octanol–water partition coefficient (Wildman–Crippen LogP) is 4.52. The van der Waals surface area contributed by atoms with E-state index in [1.165, 1.54) is 54.7 Å². The minimum atomic E-state index is -0.341. The number of aliphatic hydroxyl groups excluding tert-OH is 1. The van der Waals surface area contributed by atoms with Crippen molar-refractivity contribution < 1.29 is 5.11 Å². The molecule has 0 spiro atoms. The second kappa shape index (κ2) is 5.40. The molecule has 4 rings (SSSR count). The van der Waals surface area contributed by atoms with Crippen LogP contribution in [-0.4, -0.2) is 14.5 Å². The molecule has 2 atom stereocenters. The van der Waals surface area contributed by atoms with Crippen LogP contribution < -0.4 is 0 Å². The van der Waals surface area contributed by atoms with E-state index < -0.39 is 0 Å². The summed E-state index contributed by atoms with van der Waals surface area (Å²) in [7, 11) is 0. The molecule has 0 bridgehead atoms. The average molecular weight is 304 g/mol. The summed E-state index contributed by atoms with van der Waals surface area (Å²) >= 11 is 1.83. The summed E-state index contributed by atoms with van der Waals surface area (Å²) in [5.41, 5.74) is 1.15. The van der Waals surface area contributed by atoms with E-state index in [0.717, 1.165) is 5.69 Å². The molecule has 2 unspecified atom stereocenters. The lowest BCUT2D eigenvalue weighted by Gasteiger charge is -2.31. The van der Waals surface area contributed by atoms with E-state index in [-0.39, 0.29) is 6.10 Å². The fraction of sp³-hybridized carbons (Fsp3) is 0.706. The summed E-state index contributed by atoms with van der Waals surface area (Å²) < 4.78 is 2.14. The van der Waals surface area contributed by atoms with Gasteiger partial charge >= 0.3 is 0 Å². The standard InChI is InChI=1S/C17H24N2OS/c1-11(12-5-3-2-4-6-12)16(20)15-17(13-7-8-13)21-14-9-18-10-19(14)15/h9-13,16,20H,2-8H2,1H3. The maximum Gasteiger partial charge on any atom is 0.120 e. The number of aromatic nitrogens is 2. The van der Waals surface area contributed by atoms with Crippen molar-refractivity contribution in [2.75, 3.05) is 0 Å². The van der Waals surface area contributed by atoms with Gasteiger partial charge < -0.3 is 5.11 Å². The number of imidazole rings is 1. The lowest BCUT2D eigenvalue weighted by molar-refractivity contribution is 0.0641. The molecule has 3 nitrogen and oxygen atoms in total. The summed E-state index contributed by atoms with van der Waals surface area (Å²) in [6, 6.07) is 0. The monoisotopic (exact) mass is 304 g/mol. The molecule has 0 radical (unpaired) electrons. The lowest BCUT2D eigenvalue weighted by Crippen LogP contribution is -2.23. The van der Waals surface area contributed by atoms with Gasteiger partial charge in [0.15, 0.2) is 0 Å². The SMILES string of the molecule is CC(C1CCCCC1)C(O)c1c(C2CC2)sc2cncn12. The van der Waals surface area contributed by atoms with E-state index in [2.05, 4.69) is 16.3 Å². The van der Waals surface area contributed by atoms with E-state index in [9.17, 15) is 5.11 Å². The zero-order chi connectivity index (χ0) is 14.4. The third kappa shape index (κ3) is 2.42. The second-order valence-electron chi connectivity index (χ2n) is 6.93. The molecule has 2 aromatic rings. The van der Waals surface area contributed by atoms with Gasteiger partial charge in [0.25, 0.3) is 0 Å². The van der Waals surface area contributed by atoms with Crippen LogP contribution in [0.2, 0.25) is 0 Å². The summed E-state index contributed by atoms with van der Waals surface area (Å²) in [6.07, 6.45) is 12.7. The summed E-state index contributed by atoms with van der Waals surface area (Å²) in [5, 5.41) is 11.1. The fourth-order valence-electron chi connectivity index (χ4n) is 3.92. The number of nitrogens with zero attached hydrogens (tertiary/aromatic N) is 2. The molecule has 0 saturated heterocycles. The van der Waals surface area contributed by atoms with Crippen molar-refractivity contribution >= 4 is 16.2 Å². The summed E-state index contributed by atoms with van der Waals surface area (Å²) in [5.74, 6) is 1.72. The van der Waals surface area contributed by atoms with Crippen LogP contribution in [0.1, 0.15) is 74.5 Å². The smallest absolute Gasteiger partial charge is 0.120 e. The fourth-order valence-corrected chi connectivity index (χ4v) is 5.22. The molecule has 2 saturated carbocycles. The molecule has 0 aliphatic heterocycles. The van der Waals surface area contributed by atoms with Gasteiger partial charge in [0.2, 0.25) is 0 Å². The topological polar surface area (TPSA) is 37.5 Å². The van der Waals surface area contributed by atoms with Gasteiger partial charge in [0, 0.05) is 4.88 Å².